The lowest BCUT2D eigenvalue weighted by molar-refractivity contribution is -0.117. The number of aryl methyl sites for hydroxylation is 1. The molecule has 4 rings (SSSR count). The van der Waals surface area contributed by atoms with Gasteiger partial charge in [0.25, 0.3) is 5.91 Å². The van der Waals surface area contributed by atoms with Crippen LogP contribution in [0, 0.1) is 0 Å². The largest absolute Gasteiger partial charge is 0.365 e. The molecule has 2 amide bonds. The number of nitrogens with two attached hydrogens (primary N) is 1. The second-order valence-corrected chi connectivity index (χ2v) is 11.2. The van der Waals surface area contributed by atoms with Crippen molar-refractivity contribution in [2.75, 3.05) is 38.0 Å². The SMILES string of the molecule is NC(=O)c1c(NC(=O)CN2CCN(Cc3ccc(Br)s3)CC2)sc2c1CCCC2. The summed E-state index contributed by atoms with van der Waals surface area (Å²) in [5.41, 5.74) is 7.21. The summed E-state index contributed by atoms with van der Waals surface area (Å²) in [5.74, 6) is -0.504. The summed E-state index contributed by atoms with van der Waals surface area (Å²) in [4.78, 5) is 31.8. The standard InChI is InChI=1S/C20H25BrN4O2S2/c21-16-6-5-13(28-16)11-24-7-9-25(10-8-24)12-17(26)23-20-18(19(22)27)14-3-1-2-4-15(14)29-20/h5-6H,1-4,7-12H2,(H2,22,27)(H,23,26). The molecule has 1 aliphatic carbocycles. The van der Waals surface area contributed by atoms with Crippen LogP contribution in [0.5, 0.6) is 0 Å². The minimum atomic E-state index is -0.437. The van der Waals surface area contributed by atoms with Gasteiger partial charge in [-0.2, -0.15) is 0 Å². The highest BCUT2D eigenvalue weighted by molar-refractivity contribution is 9.11. The van der Waals surface area contributed by atoms with E-state index in [0.29, 0.717) is 17.1 Å². The van der Waals surface area contributed by atoms with Crippen LogP contribution in [0.4, 0.5) is 5.00 Å². The van der Waals surface area contributed by atoms with Crippen molar-refractivity contribution in [3.05, 3.63) is 36.8 Å². The molecule has 3 N–H and O–H groups in total. The van der Waals surface area contributed by atoms with E-state index < -0.39 is 5.91 Å². The van der Waals surface area contributed by atoms with Crippen LogP contribution in [0.2, 0.25) is 0 Å². The van der Waals surface area contributed by atoms with Crippen LogP contribution in [0.1, 0.15) is 38.5 Å². The van der Waals surface area contributed by atoms with Gasteiger partial charge in [0, 0.05) is 42.5 Å². The fraction of sp³-hybridized carbons (Fsp3) is 0.500. The lowest BCUT2D eigenvalue weighted by atomic mass is 9.95. The second-order valence-electron chi connectivity index (χ2n) is 7.59. The number of nitrogens with one attached hydrogen (secondary N) is 1. The average molecular weight is 497 g/mol. The first kappa shape index (κ1) is 21.0. The second kappa shape index (κ2) is 9.26. The van der Waals surface area contributed by atoms with E-state index in [2.05, 4.69) is 43.2 Å². The molecule has 1 saturated heterocycles. The van der Waals surface area contributed by atoms with Crippen LogP contribution in [0.3, 0.4) is 0 Å². The van der Waals surface area contributed by atoms with Crippen molar-refractivity contribution < 1.29 is 9.59 Å². The maximum absolute atomic E-state index is 12.6. The van der Waals surface area contributed by atoms with Crippen LogP contribution in [0.25, 0.3) is 0 Å². The first-order valence-corrected chi connectivity index (χ1v) is 12.4. The third-order valence-corrected chi connectivity index (χ3v) is 8.33. The molecule has 0 saturated carbocycles. The summed E-state index contributed by atoms with van der Waals surface area (Å²) >= 11 is 6.80. The Balaban J connectivity index is 1.31. The van der Waals surface area contributed by atoms with Crippen LogP contribution in [0.15, 0.2) is 15.9 Å². The first-order valence-electron chi connectivity index (χ1n) is 9.92. The number of hydrogen-bond donors (Lipinski definition) is 2. The Labute approximate surface area is 187 Å². The van der Waals surface area contributed by atoms with Crippen LogP contribution < -0.4 is 11.1 Å². The van der Waals surface area contributed by atoms with Crippen LogP contribution in [-0.2, 0) is 24.2 Å². The maximum Gasteiger partial charge on any atom is 0.251 e. The number of anilines is 1. The number of piperazine rings is 1. The van der Waals surface area contributed by atoms with Gasteiger partial charge in [-0.3, -0.25) is 19.4 Å². The smallest absolute Gasteiger partial charge is 0.251 e. The lowest BCUT2D eigenvalue weighted by Gasteiger charge is -2.34. The number of fused-ring (bicyclic) bond motifs is 1. The molecule has 156 valence electrons. The number of amides is 2. The van der Waals surface area contributed by atoms with Crippen molar-refractivity contribution in [2.45, 2.75) is 32.2 Å². The Morgan fingerprint density at radius 2 is 1.79 bits per heavy atom. The van der Waals surface area contributed by atoms with E-state index in [0.717, 1.165) is 67.8 Å². The number of hydrogen-bond acceptors (Lipinski definition) is 6. The monoisotopic (exact) mass is 496 g/mol. The molecule has 29 heavy (non-hydrogen) atoms. The van der Waals surface area contributed by atoms with Gasteiger partial charge in [0.1, 0.15) is 5.00 Å². The summed E-state index contributed by atoms with van der Waals surface area (Å²) in [7, 11) is 0. The fourth-order valence-corrected chi connectivity index (χ4v) is 6.88. The molecule has 1 fully saturated rings. The Kier molecular flexibility index (Phi) is 6.70. The molecule has 9 heteroatoms. The number of rotatable bonds is 6. The van der Waals surface area contributed by atoms with Gasteiger partial charge in [0.15, 0.2) is 0 Å². The molecule has 0 spiro atoms. The number of thiophene rings is 2. The van der Waals surface area contributed by atoms with Gasteiger partial charge < -0.3 is 11.1 Å². The third kappa shape index (κ3) is 5.08. The third-order valence-electron chi connectivity index (χ3n) is 5.51. The van der Waals surface area contributed by atoms with E-state index in [1.165, 1.54) is 21.1 Å². The van der Waals surface area contributed by atoms with Gasteiger partial charge >= 0.3 is 0 Å². The molecule has 2 aromatic rings. The molecule has 2 aliphatic rings. The summed E-state index contributed by atoms with van der Waals surface area (Å²) < 4.78 is 1.16. The molecular weight excluding hydrogens is 472 g/mol. The Morgan fingerprint density at radius 1 is 1.07 bits per heavy atom. The maximum atomic E-state index is 12.6. The molecule has 3 heterocycles. The van der Waals surface area contributed by atoms with E-state index in [1.807, 2.05) is 0 Å². The molecule has 0 bridgehead atoms. The summed E-state index contributed by atoms with van der Waals surface area (Å²) in [6, 6.07) is 4.24. The number of carbonyl (C=O) groups excluding carboxylic acids is 2. The topological polar surface area (TPSA) is 78.7 Å². The highest BCUT2D eigenvalue weighted by Gasteiger charge is 2.26. The van der Waals surface area contributed by atoms with Gasteiger partial charge in [0.05, 0.1) is 15.9 Å². The Bertz CT molecular complexity index is 902. The van der Waals surface area contributed by atoms with E-state index in [-0.39, 0.29) is 5.91 Å². The van der Waals surface area contributed by atoms with Crippen molar-refractivity contribution in [1.29, 1.82) is 0 Å². The molecular formula is C20H25BrN4O2S2. The van der Waals surface area contributed by atoms with Crippen molar-refractivity contribution >= 4 is 55.4 Å². The van der Waals surface area contributed by atoms with Crippen molar-refractivity contribution in [2.24, 2.45) is 5.73 Å². The first-order chi connectivity index (χ1) is 14.0. The van der Waals surface area contributed by atoms with Crippen LogP contribution >= 0.6 is 38.6 Å². The molecule has 1 aliphatic heterocycles. The van der Waals surface area contributed by atoms with E-state index in [4.69, 9.17) is 5.73 Å². The summed E-state index contributed by atoms with van der Waals surface area (Å²) in [6.07, 6.45) is 4.05. The molecule has 0 unspecified atom stereocenters. The van der Waals surface area contributed by atoms with Gasteiger partial charge in [-0.15, -0.1) is 22.7 Å². The van der Waals surface area contributed by atoms with Gasteiger partial charge in [-0.05, 0) is 59.3 Å². The highest BCUT2D eigenvalue weighted by Crippen LogP contribution is 2.37. The van der Waals surface area contributed by atoms with E-state index in [9.17, 15) is 9.59 Å². The number of primary amides is 1. The van der Waals surface area contributed by atoms with Crippen molar-refractivity contribution in [3.8, 4) is 0 Å². The normalized spacial score (nSPS) is 17.8. The number of halogens is 1. The average Bonchev–Trinajstić information content (AvgIpc) is 3.25. The molecule has 0 aromatic carbocycles. The van der Waals surface area contributed by atoms with E-state index in [1.54, 1.807) is 11.3 Å². The highest BCUT2D eigenvalue weighted by atomic mass is 79.9. The van der Waals surface area contributed by atoms with Gasteiger partial charge in [-0.1, -0.05) is 0 Å². The van der Waals surface area contributed by atoms with Crippen molar-refractivity contribution in [1.82, 2.24) is 9.80 Å². The summed E-state index contributed by atoms with van der Waals surface area (Å²) in [6.45, 7) is 4.93. The molecule has 0 radical (unpaired) electrons. The molecule has 0 atom stereocenters. The molecule has 2 aromatic heterocycles. The lowest BCUT2D eigenvalue weighted by Crippen LogP contribution is -2.48. The van der Waals surface area contributed by atoms with Crippen LogP contribution in [-0.4, -0.2) is 54.3 Å². The predicted octanol–water partition coefficient (Wildman–Crippen LogP) is 3.31. The minimum absolute atomic E-state index is 0.0678. The number of carbonyl (C=O) groups is 2. The fourth-order valence-electron chi connectivity index (χ4n) is 4.05. The summed E-state index contributed by atoms with van der Waals surface area (Å²) in [5, 5.41) is 3.61. The number of nitrogens with zero attached hydrogens (tertiary/aromatic N) is 2. The quantitative estimate of drug-likeness (QED) is 0.642. The zero-order chi connectivity index (χ0) is 20.4. The zero-order valence-electron chi connectivity index (χ0n) is 16.2. The van der Waals surface area contributed by atoms with Gasteiger partial charge in [-0.25, -0.2) is 0 Å². The van der Waals surface area contributed by atoms with Gasteiger partial charge in [0.2, 0.25) is 5.91 Å². The van der Waals surface area contributed by atoms with Crippen molar-refractivity contribution in [3.63, 3.8) is 0 Å². The Hall–Kier alpha value is -1.26. The van der Waals surface area contributed by atoms with E-state index >= 15 is 0 Å². The minimum Gasteiger partial charge on any atom is -0.365 e. The molecule has 6 nitrogen and oxygen atoms in total. The Morgan fingerprint density at radius 3 is 2.48 bits per heavy atom. The predicted molar refractivity (Wildman–Crippen MR) is 122 cm³/mol. The zero-order valence-corrected chi connectivity index (χ0v) is 19.4.